The van der Waals surface area contributed by atoms with E-state index in [1.54, 1.807) is 0 Å². The first-order valence-corrected chi connectivity index (χ1v) is 10.9. The molecular formula is C26H24N4O2S. The number of aromatic nitrogens is 2. The fourth-order valence-corrected chi connectivity index (χ4v) is 4.02. The smallest absolute Gasteiger partial charge is 0.305 e. The maximum absolute atomic E-state index is 11.4. The Bertz CT molecular complexity index is 1340. The van der Waals surface area contributed by atoms with Gasteiger partial charge >= 0.3 is 5.97 Å². The van der Waals surface area contributed by atoms with Crippen molar-refractivity contribution in [3.8, 4) is 22.6 Å². The van der Waals surface area contributed by atoms with Gasteiger partial charge in [0.1, 0.15) is 5.84 Å². The third kappa shape index (κ3) is 4.78. The van der Waals surface area contributed by atoms with Crippen molar-refractivity contribution in [3.05, 3.63) is 101 Å². The van der Waals surface area contributed by atoms with E-state index in [0.29, 0.717) is 23.2 Å². The van der Waals surface area contributed by atoms with Crippen LogP contribution in [0.3, 0.4) is 0 Å². The number of carbonyl (C=O) groups is 1. The molecule has 0 aliphatic heterocycles. The van der Waals surface area contributed by atoms with Crippen LogP contribution in [-0.2, 0) is 16.0 Å². The summed E-state index contributed by atoms with van der Waals surface area (Å²) in [5.74, 6) is -0.187. The maximum Gasteiger partial charge on any atom is 0.305 e. The molecule has 0 spiro atoms. The van der Waals surface area contributed by atoms with E-state index in [2.05, 4.69) is 0 Å². The molecule has 3 N–H and O–H groups in total. The van der Waals surface area contributed by atoms with Gasteiger partial charge in [0, 0.05) is 35.1 Å². The van der Waals surface area contributed by atoms with E-state index in [-0.39, 0.29) is 11.8 Å². The molecular weight excluding hydrogens is 432 g/mol. The molecule has 0 atom stereocenters. The fourth-order valence-electron chi connectivity index (χ4n) is 3.65. The zero-order valence-electron chi connectivity index (χ0n) is 18.2. The summed E-state index contributed by atoms with van der Waals surface area (Å²) in [6, 6.07) is 25.5. The number of carbonyl (C=O) groups excluding carboxylic acids is 1. The lowest BCUT2D eigenvalue weighted by molar-refractivity contribution is -0.140. The number of imidazole rings is 1. The summed E-state index contributed by atoms with van der Waals surface area (Å²) in [6.45, 7) is 0. The number of hydrogen-bond acceptors (Lipinski definition) is 4. The second-order valence-electron chi connectivity index (χ2n) is 7.57. The minimum atomic E-state index is -0.221. The number of hydrogen-bond donors (Lipinski definition) is 2. The van der Waals surface area contributed by atoms with E-state index in [0.717, 1.165) is 28.2 Å². The van der Waals surface area contributed by atoms with Crippen molar-refractivity contribution in [1.29, 1.82) is 5.41 Å². The largest absolute Gasteiger partial charge is 0.469 e. The molecule has 4 rings (SSSR count). The predicted molar refractivity (Wildman–Crippen MR) is 133 cm³/mol. The van der Waals surface area contributed by atoms with E-state index >= 15 is 0 Å². The molecule has 0 unspecified atom stereocenters. The van der Waals surface area contributed by atoms with Crippen LogP contribution in [0.15, 0.2) is 85.1 Å². The lowest BCUT2D eigenvalue weighted by Crippen LogP contribution is -2.10. The van der Waals surface area contributed by atoms with E-state index in [9.17, 15) is 4.79 Å². The van der Waals surface area contributed by atoms with Crippen molar-refractivity contribution < 1.29 is 9.53 Å². The maximum atomic E-state index is 11.4. The van der Waals surface area contributed by atoms with Crippen LogP contribution in [0.5, 0.6) is 0 Å². The van der Waals surface area contributed by atoms with Gasteiger partial charge in [-0.05, 0) is 48.5 Å². The van der Waals surface area contributed by atoms with Crippen molar-refractivity contribution in [1.82, 2.24) is 9.13 Å². The first kappa shape index (κ1) is 22.2. The molecule has 7 heteroatoms. The number of para-hydroxylation sites is 1. The lowest BCUT2D eigenvalue weighted by Gasteiger charge is -2.09. The number of aryl methyl sites for hydroxylation is 1. The second-order valence-corrected chi connectivity index (χ2v) is 7.94. The second kappa shape index (κ2) is 9.67. The average molecular weight is 457 g/mol. The van der Waals surface area contributed by atoms with Crippen molar-refractivity contribution in [2.24, 2.45) is 5.73 Å². The summed E-state index contributed by atoms with van der Waals surface area (Å²) < 4.78 is 9.36. The normalized spacial score (nSPS) is 10.7. The van der Waals surface area contributed by atoms with Crippen LogP contribution in [-0.4, -0.2) is 28.0 Å². The number of nitrogens with two attached hydrogens (primary N) is 1. The summed E-state index contributed by atoms with van der Waals surface area (Å²) in [6.07, 6.45) is 2.98. The molecule has 0 amide bonds. The molecule has 0 saturated carbocycles. The van der Waals surface area contributed by atoms with Gasteiger partial charge in [0.2, 0.25) is 0 Å². The van der Waals surface area contributed by atoms with Crippen LogP contribution in [0.25, 0.3) is 22.6 Å². The van der Waals surface area contributed by atoms with E-state index in [4.69, 9.17) is 28.1 Å². The summed E-state index contributed by atoms with van der Waals surface area (Å²) >= 11 is 5.89. The molecule has 0 bridgehead atoms. The number of nitrogen functional groups attached to an aromatic ring is 1. The SMILES string of the molecule is COC(=O)CCc1ccc(-n2cc(-c3ccc(C(=N)N)cc3)n(-c3ccccc3)c2=S)cc1. The molecule has 0 radical (unpaired) electrons. The molecule has 0 fully saturated rings. The molecule has 6 nitrogen and oxygen atoms in total. The standard InChI is InChI=1S/C26H24N4O2S/c1-32-24(31)16-9-18-7-14-21(15-8-18)29-17-23(19-10-12-20(13-11-19)25(27)28)30(26(29)33)22-5-3-2-4-6-22/h2-8,10-15,17H,9,16H2,1H3,(H3,27,28). The summed E-state index contributed by atoms with van der Waals surface area (Å²) in [4.78, 5) is 11.4. The Morgan fingerprint density at radius 2 is 1.64 bits per heavy atom. The molecule has 166 valence electrons. The van der Waals surface area contributed by atoms with Crippen molar-refractivity contribution in [2.45, 2.75) is 12.8 Å². The van der Waals surface area contributed by atoms with Crippen molar-refractivity contribution >= 4 is 24.0 Å². The van der Waals surface area contributed by atoms with Crippen LogP contribution >= 0.6 is 12.2 Å². The van der Waals surface area contributed by atoms with Crippen molar-refractivity contribution in [3.63, 3.8) is 0 Å². The Balaban J connectivity index is 1.76. The Morgan fingerprint density at radius 1 is 0.970 bits per heavy atom. The predicted octanol–water partition coefficient (Wildman–Crippen LogP) is 5.05. The van der Waals surface area contributed by atoms with Gasteiger partial charge < -0.3 is 10.5 Å². The highest BCUT2D eigenvalue weighted by Gasteiger charge is 2.14. The van der Waals surface area contributed by atoms with E-state index < -0.39 is 0 Å². The van der Waals surface area contributed by atoms with Gasteiger partial charge in [-0.15, -0.1) is 0 Å². The quantitative estimate of drug-likeness (QED) is 0.176. The van der Waals surface area contributed by atoms with Gasteiger partial charge in [-0.1, -0.05) is 54.6 Å². The van der Waals surface area contributed by atoms with Crippen molar-refractivity contribution in [2.75, 3.05) is 7.11 Å². The average Bonchev–Trinajstić information content (AvgIpc) is 3.20. The first-order chi connectivity index (χ1) is 16.0. The Kier molecular flexibility index (Phi) is 6.51. The number of rotatable bonds is 7. The summed E-state index contributed by atoms with van der Waals surface area (Å²) in [5.41, 5.74) is 11.1. The van der Waals surface area contributed by atoms with Gasteiger partial charge in [0.15, 0.2) is 4.77 Å². The topological polar surface area (TPSA) is 86.0 Å². The number of esters is 1. The van der Waals surface area contributed by atoms with Gasteiger partial charge in [0.05, 0.1) is 12.8 Å². The molecule has 0 saturated heterocycles. The van der Waals surface area contributed by atoms with Crippen LogP contribution < -0.4 is 5.73 Å². The molecule has 4 aromatic rings. The minimum Gasteiger partial charge on any atom is -0.469 e. The van der Waals surface area contributed by atoms with Gasteiger partial charge in [-0.25, -0.2) is 0 Å². The number of ether oxygens (including phenoxy) is 1. The Hall–Kier alpha value is -3.97. The fraction of sp³-hybridized carbons (Fsp3) is 0.115. The Morgan fingerprint density at radius 3 is 2.24 bits per heavy atom. The van der Waals surface area contributed by atoms with Crippen LogP contribution in [0.4, 0.5) is 0 Å². The van der Waals surface area contributed by atoms with E-state index in [1.165, 1.54) is 7.11 Å². The summed E-state index contributed by atoms with van der Waals surface area (Å²) in [5, 5.41) is 7.65. The van der Waals surface area contributed by atoms with Crippen LogP contribution in [0, 0.1) is 10.2 Å². The number of nitrogens with one attached hydrogen (secondary N) is 1. The van der Waals surface area contributed by atoms with Crippen LogP contribution in [0.2, 0.25) is 0 Å². The van der Waals surface area contributed by atoms with E-state index in [1.807, 2.05) is 94.2 Å². The third-order valence-electron chi connectivity index (χ3n) is 5.46. The number of methoxy groups -OCH3 is 1. The van der Waals surface area contributed by atoms with Gasteiger partial charge in [-0.2, -0.15) is 0 Å². The zero-order valence-corrected chi connectivity index (χ0v) is 19.0. The zero-order chi connectivity index (χ0) is 23.4. The highest BCUT2D eigenvalue weighted by molar-refractivity contribution is 7.71. The van der Waals surface area contributed by atoms with Gasteiger partial charge in [-0.3, -0.25) is 19.3 Å². The molecule has 3 aromatic carbocycles. The highest BCUT2D eigenvalue weighted by atomic mass is 32.1. The first-order valence-electron chi connectivity index (χ1n) is 10.5. The third-order valence-corrected chi connectivity index (χ3v) is 5.83. The minimum absolute atomic E-state index is 0.0336. The number of amidine groups is 1. The highest BCUT2D eigenvalue weighted by Crippen LogP contribution is 2.27. The number of nitrogens with zero attached hydrogens (tertiary/aromatic N) is 2. The molecule has 1 heterocycles. The van der Waals surface area contributed by atoms with Crippen LogP contribution in [0.1, 0.15) is 17.5 Å². The molecule has 0 aliphatic carbocycles. The summed E-state index contributed by atoms with van der Waals surface area (Å²) in [7, 11) is 1.40. The molecule has 1 aromatic heterocycles. The van der Waals surface area contributed by atoms with Gasteiger partial charge in [0.25, 0.3) is 0 Å². The Labute approximate surface area is 197 Å². The lowest BCUT2D eigenvalue weighted by atomic mass is 10.1. The monoisotopic (exact) mass is 456 g/mol. The number of benzene rings is 3. The molecule has 0 aliphatic rings. The molecule has 33 heavy (non-hydrogen) atoms.